The van der Waals surface area contributed by atoms with Crippen LogP contribution in [-0.2, 0) is 13.2 Å². The molecule has 10 heteroatoms. The minimum absolute atomic E-state index is 0.0910. The fraction of sp³-hybridized carbons (Fsp3) is 0.250. The number of aromatic nitrogens is 4. The maximum atomic E-state index is 13.6. The van der Waals surface area contributed by atoms with Crippen LogP contribution in [0.4, 0.5) is 13.2 Å². The number of aryl methyl sites for hydroxylation is 1. The van der Waals surface area contributed by atoms with Crippen molar-refractivity contribution in [3.8, 4) is 5.69 Å². The van der Waals surface area contributed by atoms with E-state index in [1.807, 2.05) is 13.8 Å². The van der Waals surface area contributed by atoms with Crippen LogP contribution in [0, 0.1) is 6.92 Å². The maximum Gasteiger partial charge on any atom is 0.435 e. The number of alkyl halides is 3. The lowest BCUT2D eigenvalue weighted by molar-refractivity contribution is -0.140. The van der Waals surface area contributed by atoms with Crippen molar-refractivity contribution < 1.29 is 18.0 Å². The van der Waals surface area contributed by atoms with Crippen LogP contribution in [0.25, 0.3) is 15.9 Å². The number of thiophene rings is 1. The molecule has 1 atom stereocenters. The molecular formula is C20H18F3N5OS. The van der Waals surface area contributed by atoms with Crippen molar-refractivity contribution in [2.45, 2.75) is 26.1 Å². The van der Waals surface area contributed by atoms with Crippen LogP contribution in [0.15, 0.2) is 42.6 Å². The van der Waals surface area contributed by atoms with Gasteiger partial charge in [0.25, 0.3) is 5.91 Å². The summed E-state index contributed by atoms with van der Waals surface area (Å²) in [4.78, 5) is 13.2. The van der Waals surface area contributed by atoms with E-state index in [1.165, 1.54) is 10.7 Å². The summed E-state index contributed by atoms with van der Waals surface area (Å²) >= 11 is 0.978. The third kappa shape index (κ3) is 3.47. The largest absolute Gasteiger partial charge is 0.435 e. The number of benzene rings is 1. The van der Waals surface area contributed by atoms with Gasteiger partial charge in [-0.15, -0.1) is 11.3 Å². The minimum Gasteiger partial charge on any atom is -0.345 e. The quantitative estimate of drug-likeness (QED) is 0.510. The molecule has 0 aliphatic heterocycles. The van der Waals surface area contributed by atoms with Gasteiger partial charge in [0.05, 0.1) is 22.8 Å². The van der Waals surface area contributed by atoms with Crippen molar-refractivity contribution in [2.24, 2.45) is 7.05 Å². The number of halogens is 3. The number of nitrogens with zero attached hydrogens (tertiary/aromatic N) is 4. The molecule has 0 saturated heterocycles. The van der Waals surface area contributed by atoms with E-state index in [9.17, 15) is 18.0 Å². The molecule has 4 rings (SSSR count). The first-order chi connectivity index (χ1) is 14.2. The average Bonchev–Trinajstić information content (AvgIpc) is 3.36. The van der Waals surface area contributed by atoms with Gasteiger partial charge < -0.3 is 5.32 Å². The fourth-order valence-electron chi connectivity index (χ4n) is 3.26. The van der Waals surface area contributed by atoms with Crippen LogP contribution >= 0.6 is 11.3 Å². The Kier molecular flexibility index (Phi) is 4.89. The molecule has 1 aromatic carbocycles. The second kappa shape index (κ2) is 7.28. The first-order valence-electron chi connectivity index (χ1n) is 9.11. The summed E-state index contributed by atoms with van der Waals surface area (Å²) in [7, 11) is 1.80. The van der Waals surface area contributed by atoms with Crippen molar-refractivity contribution in [1.29, 1.82) is 0 Å². The average molecular weight is 433 g/mol. The molecule has 1 unspecified atom stereocenters. The highest BCUT2D eigenvalue weighted by Crippen LogP contribution is 2.39. The van der Waals surface area contributed by atoms with E-state index in [0.29, 0.717) is 5.69 Å². The van der Waals surface area contributed by atoms with E-state index < -0.39 is 17.8 Å². The third-order valence-electron chi connectivity index (χ3n) is 4.94. The molecule has 1 N–H and O–H groups in total. The van der Waals surface area contributed by atoms with E-state index in [2.05, 4.69) is 15.5 Å². The Morgan fingerprint density at radius 3 is 2.53 bits per heavy atom. The number of hydrogen-bond acceptors (Lipinski definition) is 4. The molecule has 0 spiro atoms. The van der Waals surface area contributed by atoms with Gasteiger partial charge in [0, 0.05) is 23.7 Å². The normalized spacial score (nSPS) is 13.0. The van der Waals surface area contributed by atoms with Gasteiger partial charge in [0.15, 0.2) is 5.69 Å². The first kappa shape index (κ1) is 20.1. The summed E-state index contributed by atoms with van der Waals surface area (Å²) in [6.45, 7) is 3.69. The van der Waals surface area contributed by atoms with Crippen molar-refractivity contribution in [2.75, 3.05) is 0 Å². The molecule has 0 aliphatic rings. The lowest BCUT2D eigenvalue weighted by Crippen LogP contribution is -2.26. The van der Waals surface area contributed by atoms with Crippen LogP contribution in [-0.4, -0.2) is 25.5 Å². The molecule has 6 nitrogen and oxygen atoms in total. The minimum atomic E-state index is -4.63. The summed E-state index contributed by atoms with van der Waals surface area (Å²) in [6, 6.07) is 9.45. The summed E-state index contributed by atoms with van der Waals surface area (Å²) < 4.78 is 43.6. The molecule has 156 valence electrons. The van der Waals surface area contributed by atoms with Crippen molar-refractivity contribution in [1.82, 2.24) is 24.9 Å². The fourth-order valence-corrected chi connectivity index (χ4v) is 4.29. The zero-order chi connectivity index (χ0) is 21.6. The molecule has 30 heavy (non-hydrogen) atoms. The topological polar surface area (TPSA) is 64.7 Å². The number of hydrogen-bond donors (Lipinski definition) is 1. The van der Waals surface area contributed by atoms with Gasteiger partial charge in [-0.1, -0.05) is 18.2 Å². The molecule has 3 aromatic heterocycles. The van der Waals surface area contributed by atoms with E-state index in [0.717, 1.165) is 22.6 Å². The molecule has 0 saturated carbocycles. The van der Waals surface area contributed by atoms with Crippen molar-refractivity contribution in [3.05, 3.63) is 64.4 Å². The molecule has 0 bridgehead atoms. The second-order valence-electron chi connectivity index (χ2n) is 6.93. The Morgan fingerprint density at radius 2 is 1.93 bits per heavy atom. The Morgan fingerprint density at radius 1 is 1.23 bits per heavy atom. The Bertz CT molecular complexity index is 1220. The summed E-state index contributed by atoms with van der Waals surface area (Å²) in [6.07, 6.45) is -2.96. The van der Waals surface area contributed by atoms with Gasteiger partial charge in [-0.05, 0) is 32.0 Å². The maximum absolute atomic E-state index is 13.6. The highest BCUT2D eigenvalue weighted by atomic mass is 32.1. The highest BCUT2D eigenvalue weighted by molar-refractivity contribution is 7.20. The second-order valence-corrected chi connectivity index (χ2v) is 7.96. The van der Waals surface area contributed by atoms with Gasteiger partial charge in [0.2, 0.25) is 0 Å². The number of carbonyl (C=O) groups excluding carboxylic acids is 1. The van der Waals surface area contributed by atoms with Gasteiger partial charge in [-0.25, -0.2) is 4.68 Å². The Balaban J connectivity index is 1.73. The molecule has 0 fully saturated rings. The summed E-state index contributed by atoms with van der Waals surface area (Å²) in [5.74, 6) is -0.445. The van der Waals surface area contributed by atoms with Gasteiger partial charge >= 0.3 is 6.18 Å². The smallest absolute Gasteiger partial charge is 0.345 e. The number of para-hydroxylation sites is 1. The standard InChI is InChI=1S/C20H18F3N5OS/c1-11(15-10-24-27(3)12(15)2)25-18(29)16-9-14-17(20(21,22)23)26-28(19(14)30-16)13-7-5-4-6-8-13/h4-11H,1-3H3,(H,25,29). The third-order valence-corrected chi connectivity index (χ3v) is 6.05. The summed E-state index contributed by atoms with van der Waals surface area (Å²) in [5, 5.41) is 10.7. The van der Waals surface area contributed by atoms with Crippen LogP contribution in [0.5, 0.6) is 0 Å². The van der Waals surface area contributed by atoms with Crippen molar-refractivity contribution in [3.63, 3.8) is 0 Å². The number of amides is 1. The lowest BCUT2D eigenvalue weighted by Gasteiger charge is -2.13. The van der Waals surface area contributed by atoms with Crippen LogP contribution < -0.4 is 5.32 Å². The van der Waals surface area contributed by atoms with Crippen LogP contribution in [0.1, 0.15) is 39.6 Å². The van der Waals surface area contributed by atoms with Gasteiger partial charge in [-0.2, -0.15) is 23.4 Å². The molecule has 3 heterocycles. The molecule has 1 amide bonds. The van der Waals surface area contributed by atoms with Crippen LogP contribution in [0.2, 0.25) is 0 Å². The zero-order valence-corrected chi connectivity index (χ0v) is 17.2. The molecule has 0 aliphatic carbocycles. The lowest BCUT2D eigenvalue weighted by atomic mass is 10.1. The summed E-state index contributed by atoms with van der Waals surface area (Å²) in [5.41, 5.74) is 1.23. The zero-order valence-electron chi connectivity index (χ0n) is 16.4. The Hall–Kier alpha value is -3.14. The SMILES string of the molecule is Cc1c(C(C)NC(=O)c2cc3c(C(F)(F)F)nn(-c4ccccc4)c3s2)cnn1C. The number of fused-ring (bicyclic) bond motifs is 1. The van der Waals surface area contributed by atoms with Gasteiger partial charge in [-0.3, -0.25) is 9.48 Å². The van der Waals surface area contributed by atoms with E-state index in [4.69, 9.17) is 0 Å². The monoisotopic (exact) mass is 433 g/mol. The number of carbonyl (C=O) groups is 1. The molecule has 4 aromatic rings. The van der Waals surface area contributed by atoms with Crippen LogP contribution in [0.3, 0.4) is 0 Å². The highest BCUT2D eigenvalue weighted by Gasteiger charge is 2.38. The van der Waals surface area contributed by atoms with E-state index in [1.54, 1.807) is 48.3 Å². The molecular weight excluding hydrogens is 415 g/mol. The first-order valence-corrected chi connectivity index (χ1v) is 9.93. The van der Waals surface area contributed by atoms with Crippen molar-refractivity contribution >= 4 is 27.5 Å². The van der Waals surface area contributed by atoms with E-state index in [-0.39, 0.29) is 21.1 Å². The Labute approximate surface area is 173 Å². The van der Waals surface area contributed by atoms with E-state index >= 15 is 0 Å². The number of nitrogens with one attached hydrogen (secondary N) is 1. The molecule has 0 radical (unpaired) electrons. The number of rotatable bonds is 4. The predicted molar refractivity (Wildman–Crippen MR) is 108 cm³/mol. The predicted octanol–water partition coefficient (Wildman–Crippen LogP) is 4.64. The van der Waals surface area contributed by atoms with Gasteiger partial charge in [0.1, 0.15) is 4.83 Å².